The van der Waals surface area contributed by atoms with Crippen LogP contribution in [0.15, 0.2) is 39.9 Å². The van der Waals surface area contributed by atoms with E-state index in [-0.39, 0.29) is 23.9 Å². The number of fused-ring (bicyclic) bond motifs is 1. The van der Waals surface area contributed by atoms with Crippen LogP contribution in [0, 0.1) is 13.8 Å². The van der Waals surface area contributed by atoms with Crippen LogP contribution < -0.4 is 5.56 Å². The molecule has 0 amide bonds. The molecule has 3 aromatic rings. The lowest BCUT2D eigenvalue weighted by molar-refractivity contribution is 0.0969. The molecule has 7 heteroatoms. The minimum Gasteiger partial charge on any atom is -0.383 e. The van der Waals surface area contributed by atoms with Gasteiger partial charge in [0.1, 0.15) is 0 Å². The van der Waals surface area contributed by atoms with E-state index in [0.29, 0.717) is 23.1 Å². The zero-order chi connectivity index (χ0) is 19.7. The van der Waals surface area contributed by atoms with Crippen molar-refractivity contribution in [3.8, 4) is 0 Å². The fourth-order valence-corrected chi connectivity index (χ4v) is 3.90. The van der Waals surface area contributed by atoms with Gasteiger partial charge in [-0.3, -0.25) is 14.2 Å². The molecule has 0 aliphatic carbocycles. The number of halogens is 1. The Hall–Kier alpha value is -2.25. The molecule has 2 aromatic heterocycles. The first-order valence-corrected chi connectivity index (χ1v) is 9.48. The summed E-state index contributed by atoms with van der Waals surface area (Å²) in [5.41, 5.74) is 2.88. The minimum atomic E-state index is -0.226. The highest BCUT2D eigenvalue weighted by molar-refractivity contribution is 9.10. The molecular weight excluding hydrogens is 410 g/mol. The summed E-state index contributed by atoms with van der Waals surface area (Å²) in [6, 6.07) is 7.33. The number of aryl methyl sites for hydroxylation is 1. The molecule has 1 unspecified atom stereocenters. The molecule has 0 saturated carbocycles. The van der Waals surface area contributed by atoms with Gasteiger partial charge in [-0.25, -0.2) is 4.98 Å². The summed E-state index contributed by atoms with van der Waals surface area (Å²) in [6.07, 6.45) is 1.43. The normalized spacial score (nSPS) is 12.5. The summed E-state index contributed by atoms with van der Waals surface area (Å²) in [5, 5.41) is 0.485. The number of carbonyl (C=O) groups is 1. The molecule has 0 aliphatic rings. The molecule has 2 heterocycles. The van der Waals surface area contributed by atoms with Gasteiger partial charge in [-0.05, 0) is 45.0 Å². The van der Waals surface area contributed by atoms with E-state index in [1.807, 2.05) is 32.9 Å². The second kappa shape index (κ2) is 7.78. The van der Waals surface area contributed by atoms with E-state index in [1.165, 1.54) is 10.9 Å². The molecule has 3 rings (SSSR count). The van der Waals surface area contributed by atoms with E-state index < -0.39 is 0 Å². The summed E-state index contributed by atoms with van der Waals surface area (Å²) in [7, 11) is 1.66. The zero-order valence-electron chi connectivity index (χ0n) is 15.8. The summed E-state index contributed by atoms with van der Waals surface area (Å²) in [5.74, 6) is -0.114. The summed E-state index contributed by atoms with van der Waals surface area (Å²) in [4.78, 5) is 29.9. The van der Waals surface area contributed by atoms with Crippen LogP contribution >= 0.6 is 15.9 Å². The number of benzene rings is 1. The quantitative estimate of drug-likeness (QED) is 0.558. The molecular formula is C20H22BrN3O3. The lowest BCUT2D eigenvalue weighted by Crippen LogP contribution is -2.25. The van der Waals surface area contributed by atoms with Gasteiger partial charge in [0, 0.05) is 28.5 Å². The molecule has 0 bridgehead atoms. The van der Waals surface area contributed by atoms with Crippen molar-refractivity contribution >= 4 is 32.6 Å². The molecule has 0 aliphatic heterocycles. The van der Waals surface area contributed by atoms with Gasteiger partial charge in [-0.1, -0.05) is 15.9 Å². The largest absolute Gasteiger partial charge is 0.383 e. The third kappa shape index (κ3) is 3.75. The topological polar surface area (TPSA) is 66.1 Å². The van der Waals surface area contributed by atoms with E-state index in [2.05, 4.69) is 25.5 Å². The van der Waals surface area contributed by atoms with E-state index in [1.54, 1.807) is 19.2 Å². The van der Waals surface area contributed by atoms with Crippen molar-refractivity contribution in [2.75, 3.05) is 13.7 Å². The first kappa shape index (κ1) is 19.5. The first-order chi connectivity index (χ1) is 12.8. The average molecular weight is 432 g/mol. The fraction of sp³-hybridized carbons (Fsp3) is 0.350. The highest BCUT2D eigenvalue weighted by Gasteiger charge is 2.19. The number of carbonyl (C=O) groups excluding carboxylic acids is 1. The SMILES string of the molecule is COCC(C)n1c(C)cc(C(=O)Cn2cnc3ccc(Br)cc3c2=O)c1C. The Morgan fingerprint density at radius 3 is 2.74 bits per heavy atom. The molecule has 0 spiro atoms. The lowest BCUT2D eigenvalue weighted by Gasteiger charge is -2.17. The lowest BCUT2D eigenvalue weighted by atomic mass is 10.1. The fourth-order valence-electron chi connectivity index (χ4n) is 3.54. The first-order valence-electron chi connectivity index (χ1n) is 8.68. The Labute approximate surface area is 165 Å². The molecule has 0 N–H and O–H groups in total. The van der Waals surface area contributed by atoms with Gasteiger partial charge in [-0.2, -0.15) is 0 Å². The Kier molecular flexibility index (Phi) is 5.62. The van der Waals surface area contributed by atoms with Crippen molar-refractivity contribution in [2.45, 2.75) is 33.4 Å². The molecule has 0 saturated heterocycles. The van der Waals surface area contributed by atoms with Gasteiger partial charge < -0.3 is 9.30 Å². The molecule has 6 nitrogen and oxygen atoms in total. The monoisotopic (exact) mass is 431 g/mol. The Bertz CT molecular complexity index is 1070. The van der Waals surface area contributed by atoms with Crippen molar-refractivity contribution in [1.82, 2.24) is 14.1 Å². The number of rotatable bonds is 6. The molecule has 142 valence electrons. The number of methoxy groups -OCH3 is 1. The third-order valence-corrected chi connectivity index (χ3v) is 5.23. The average Bonchev–Trinajstić information content (AvgIpc) is 2.92. The van der Waals surface area contributed by atoms with Crippen LogP contribution in [0.3, 0.4) is 0 Å². The molecule has 27 heavy (non-hydrogen) atoms. The van der Waals surface area contributed by atoms with E-state index in [9.17, 15) is 9.59 Å². The van der Waals surface area contributed by atoms with Crippen LogP contribution in [0.2, 0.25) is 0 Å². The van der Waals surface area contributed by atoms with Crippen LogP contribution in [0.1, 0.15) is 34.7 Å². The third-order valence-electron chi connectivity index (χ3n) is 4.73. The van der Waals surface area contributed by atoms with Crippen LogP contribution in [0.25, 0.3) is 10.9 Å². The van der Waals surface area contributed by atoms with Gasteiger partial charge in [0.25, 0.3) is 5.56 Å². The van der Waals surface area contributed by atoms with Crippen molar-refractivity contribution < 1.29 is 9.53 Å². The molecule has 0 radical (unpaired) electrons. The summed E-state index contributed by atoms with van der Waals surface area (Å²) >= 11 is 3.37. The number of ether oxygens (including phenoxy) is 1. The Morgan fingerprint density at radius 2 is 2.04 bits per heavy atom. The van der Waals surface area contributed by atoms with E-state index in [4.69, 9.17) is 4.74 Å². The van der Waals surface area contributed by atoms with Crippen molar-refractivity contribution in [1.29, 1.82) is 0 Å². The number of nitrogens with zero attached hydrogens (tertiary/aromatic N) is 3. The molecule has 1 atom stereocenters. The standard InChI is InChI=1S/C20H22BrN3O3/c1-12-7-16(14(3)24(12)13(2)10-27-4)19(25)9-23-11-22-18-6-5-15(21)8-17(18)20(23)26/h5-8,11,13H,9-10H2,1-4H3. The smallest absolute Gasteiger partial charge is 0.261 e. The number of ketones is 1. The Morgan fingerprint density at radius 1 is 1.30 bits per heavy atom. The van der Waals surface area contributed by atoms with Gasteiger partial charge in [0.2, 0.25) is 0 Å². The van der Waals surface area contributed by atoms with Gasteiger partial charge >= 0.3 is 0 Å². The minimum absolute atomic E-state index is 0.0444. The van der Waals surface area contributed by atoms with Crippen molar-refractivity contribution in [2.24, 2.45) is 0 Å². The van der Waals surface area contributed by atoms with Crippen LogP contribution in [-0.2, 0) is 11.3 Å². The zero-order valence-corrected chi connectivity index (χ0v) is 17.4. The van der Waals surface area contributed by atoms with Crippen molar-refractivity contribution in [3.63, 3.8) is 0 Å². The second-order valence-corrected chi connectivity index (χ2v) is 7.64. The molecule has 0 fully saturated rings. The number of hydrogen-bond acceptors (Lipinski definition) is 4. The number of hydrogen-bond donors (Lipinski definition) is 0. The predicted molar refractivity (Wildman–Crippen MR) is 109 cm³/mol. The Balaban J connectivity index is 1.95. The molecule has 1 aromatic carbocycles. The maximum atomic E-state index is 12.9. The highest BCUT2D eigenvalue weighted by Crippen LogP contribution is 2.21. The number of Topliss-reactive ketones (excluding diaryl/α,β-unsaturated/α-hetero) is 1. The number of aromatic nitrogens is 3. The second-order valence-electron chi connectivity index (χ2n) is 6.72. The van der Waals surface area contributed by atoms with Crippen LogP contribution in [0.5, 0.6) is 0 Å². The van der Waals surface area contributed by atoms with E-state index in [0.717, 1.165) is 15.9 Å². The van der Waals surface area contributed by atoms with Crippen LogP contribution in [-0.4, -0.2) is 33.6 Å². The maximum Gasteiger partial charge on any atom is 0.261 e. The van der Waals surface area contributed by atoms with Gasteiger partial charge in [0.05, 0.1) is 36.4 Å². The van der Waals surface area contributed by atoms with Crippen molar-refractivity contribution in [3.05, 3.63) is 62.4 Å². The van der Waals surface area contributed by atoms with E-state index >= 15 is 0 Å². The van der Waals surface area contributed by atoms with Gasteiger partial charge in [-0.15, -0.1) is 0 Å². The summed E-state index contributed by atoms with van der Waals surface area (Å²) in [6.45, 7) is 6.46. The summed E-state index contributed by atoms with van der Waals surface area (Å²) < 4.78 is 9.49. The van der Waals surface area contributed by atoms with Gasteiger partial charge in [0.15, 0.2) is 5.78 Å². The predicted octanol–water partition coefficient (Wildman–Crippen LogP) is 3.67. The highest BCUT2D eigenvalue weighted by atomic mass is 79.9. The van der Waals surface area contributed by atoms with Crippen LogP contribution in [0.4, 0.5) is 0 Å². The maximum absolute atomic E-state index is 12.9.